The van der Waals surface area contributed by atoms with Gasteiger partial charge in [0.05, 0.1) is 21.5 Å². The molecule has 1 N–H and O–H groups in total. The fourth-order valence-corrected chi connectivity index (χ4v) is 2.05. The molecule has 2 rings (SSSR count). The highest BCUT2D eigenvalue weighted by molar-refractivity contribution is 6.06. The van der Waals surface area contributed by atoms with Crippen LogP contribution in [0.4, 0.5) is 17.1 Å². The Morgan fingerprint density at radius 3 is 2.13 bits per heavy atom. The summed E-state index contributed by atoms with van der Waals surface area (Å²) in [6, 6.07) is 8.81. The second-order valence-electron chi connectivity index (χ2n) is 4.97. The highest BCUT2D eigenvalue weighted by Gasteiger charge is 2.24. The molecular weight excluding hydrogens is 302 g/mol. The summed E-state index contributed by atoms with van der Waals surface area (Å²) in [5.74, 6) is -0.641. The Kier molecular flexibility index (Phi) is 4.35. The third kappa shape index (κ3) is 3.49. The van der Waals surface area contributed by atoms with E-state index >= 15 is 0 Å². The second kappa shape index (κ2) is 6.22. The van der Waals surface area contributed by atoms with Crippen LogP contribution in [0.15, 0.2) is 36.4 Å². The molecule has 0 aliphatic carbocycles. The molecule has 8 heteroatoms. The maximum atomic E-state index is 12.3. The maximum Gasteiger partial charge on any atom is 0.279 e. The number of aryl methyl sites for hydroxylation is 1. The molecule has 1 amide bonds. The van der Waals surface area contributed by atoms with Gasteiger partial charge in [-0.05, 0) is 26.0 Å². The number of hydrogen-bond donors (Lipinski definition) is 1. The van der Waals surface area contributed by atoms with Gasteiger partial charge < -0.3 is 5.32 Å². The van der Waals surface area contributed by atoms with Crippen LogP contribution < -0.4 is 5.32 Å². The van der Waals surface area contributed by atoms with Crippen LogP contribution in [0, 0.1) is 34.1 Å². The van der Waals surface area contributed by atoms with E-state index in [1.807, 2.05) is 6.92 Å². The highest BCUT2D eigenvalue weighted by atomic mass is 16.6. The van der Waals surface area contributed by atoms with Crippen molar-refractivity contribution in [1.82, 2.24) is 0 Å². The molecular formula is C15H13N3O5. The number of hydrogen-bond acceptors (Lipinski definition) is 5. The molecule has 0 saturated heterocycles. The van der Waals surface area contributed by atoms with Crippen molar-refractivity contribution in [2.75, 3.05) is 5.32 Å². The van der Waals surface area contributed by atoms with Crippen LogP contribution in [0.25, 0.3) is 0 Å². The summed E-state index contributed by atoms with van der Waals surface area (Å²) in [5, 5.41) is 24.5. The Morgan fingerprint density at radius 2 is 1.61 bits per heavy atom. The number of nitrogens with one attached hydrogen (secondary N) is 1. The van der Waals surface area contributed by atoms with Crippen LogP contribution in [0.2, 0.25) is 0 Å². The van der Waals surface area contributed by atoms with E-state index in [-0.39, 0.29) is 11.1 Å². The standard InChI is InChI=1S/C15H13N3O5/c1-9-3-5-11(6-4-9)16-15(19)13-7-12(17(20)21)8-14(10(13)2)18(22)23/h3-8H,1-2H3,(H,16,19). The van der Waals surface area contributed by atoms with Gasteiger partial charge in [0, 0.05) is 17.3 Å². The molecule has 23 heavy (non-hydrogen) atoms. The lowest BCUT2D eigenvalue weighted by atomic mass is 10.0. The monoisotopic (exact) mass is 315 g/mol. The number of nitrogens with zero attached hydrogens (tertiary/aromatic N) is 2. The van der Waals surface area contributed by atoms with E-state index in [4.69, 9.17) is 0 Å². The van der Waals surface area contributed by atoms with E-state index in [0.717, 1.165) is 17.7 Å². The number of nitro benzene ring substituents is 2. The van der Waals surface area contributed by atoms with Crippen molar-refractivity contribution in [3.63, 3.8) is 0 Å². The minimum Gasteiger partial charge on any atom is -0.322 e. The normalized spacial score (nSPS) is 10.2. The van der Waals surface area contributed by atoms with Crippen molar-refractivity contribution in [2.24, 2.45) is 0 Å². The van der Waals surface area contributed by atoms with Crippen LogP contribution in [-0.2, 0) is 0 Å². The van der Waals surface area contributed by atoms with Crippen molar-refractivity contribution < 1.29 is 14.6 Å². The summed E-state index contributed by atoms with van der Waals surface area (Å²) in [6.07, 6.45) is 0. The van der Waals surface area contributed by atoms with Crippen LogP contribution in [0.3, 0.4) is 0 Å². The van der Waals surface area contributed by atoms with E-state index in [0.29, 0.717) is 5.69 Å². The number of carbonyl (C=O) groups excluding carboxylic acids is 1. The first kappa shape index (κ1) is 16.1. The van der Waals surface area contributed by atoms with Gasteiger partial charge in [-0.1, -0.05) is 17.7 Å². The van der Waals surface area contributed by atoms with E-state index in [1.165, 1.54) is 6.92 Å². The lowest BCUT2D eigenvalue weighted by molar-refractivity contribution is -0.394. The number of anilines is 1. The molecule has 0 saturated carbocycles. The molecule has 8 nitrogen and oxygen atoms in total. The van der Waals surface area contributed by atoms with E-state index in [2.05, 4.69) is 5.32 Å². The first-order valence-corrected chi connectivity index (χ1v) is 6.61. The molecule has 0 aromatic heterocycles. The fraction of sp³-hybridized carbons (Fsp3) is 0.133. The average Bonchev–Trinajstić information content (AvgIpc) is 2.49. The van der Waals surface area contributed by atoms with Gasteiger partial charge in [0.15, 0.2) is 0 Å². The molecule has 0 fully saturated rings. The van der Waals surface area contributed by atoms with Gasteiger partial charge in [-0.15, -0.1) is 0 Å². The van der Waals surface area contributed by atoms with Crippen molar-refractivity contribution in [3.8, 4) is 0 Å². The van der Waals surface area contributed by atoms with Crippen LogP contribution >= 0.6 is 0 Å². The third-order valence-corrected chi connectivity index (χ3v) is 3.33. The fourth-order valence-electron chi connectivity index (χ4n) is 2.05. The van der Waals surface area contributed by atoms with Crippen molar-refractivity contribution in [3.05, 3.63) is 73.3 Å². The third-order valence-electron chi connectivity index (χ3n) is 3.33. The average molecular weight is 315 g/mol. The molecule has 0 spiro atoms. The number of benzene rings is 2. The molecule has 0 radical (unpaired) electrons. The van der Waals surface area contributed by atoms with Gasteiger partial charge in [-0.2, -0.15) is 0 Å². The molecule has 2 aromatic rings. The zero-order valence-corrected chi connectivity index (χ0v) is 12.4. The van der Waals surface area contributed by atoms with Gasteiger partial charge in [0.25, 0.3) is 17.3 Å². The van der Waals surface area contributed by atoms with Gasteiger partial charge >= 0.3 is 0 Å². The lowest BCUT2D eigenvalue weighted by Crippen LogP contribution is -2.14. The van der Waals surface area contributed by atoms with Crippen LogP contribution in [0.5, 0.6) is 0 Å². The Morgan fingerprint density at radius 1 is 1.00 bits per heavy atom. The summed E-state index contributed by atoms with van der Waals surface area (Å²) >= 11 is 0. The highest BCUT2D eigenvalue weighted by Crippen LogP contribution is 2.28. The Balaban J connectivity index is 2.44. The Labute approximate surface area is 131 Å². The Hall–Kier alpha value is -3.29. The number of rotatable bonds is 4. The summed E-state index contributed by atoms with van der Waals surface area (Å²) in [5.41, 5.74) is 0.501. The molecule has 118 valence electrons. The second-order valence-corrected chi connectivity index (χ2v) is 4.97. The number of non-ortho nitro benzene ring substituents is 1. The number of nitro groups is 2. The van der Waals surface area contributed by atoms with Crippen LogP contribution in [-0.4, -0.2) is 15.8 Å². The van der Waals surface area contributed by atoms with Crippen molar-refractivity contribution in [2.45, 2.75) is 13.8 Å². The van der Waals surface area contributed by atoms with E-state index in [9.17, 15) is 25.0 Å². The number of amides is 1. The van der Waals surface area contributed by atoms with Crippen molar-refractivity contribution >= 4 is 23.0 Å². The van der Waals surface area contributed by atoms with Gasteiger partial charge in [0.2, 0.25) is 0 Å². The quantitative estimate of drug-likeness (QED) is 0.686. The van der Waals surface area contributed by atoms with E-state index in [1.54, 1.807) is 24.3 Å². The maximum absolute atomic E-state index is 12.3. The minimum atomic E-state index is -0.769. The first-order chi connectivity index (χ1) is 10.8. The lowest BCUT2D eigenvalue weighted by Gasteiger charge is -2.08. The summed E-state index contributed by atoms with van der Waals surface area (Å²) in [4.78, 5) is 32.7. The molecule has 0 heterocycles. The predicted molar refractivity (Wildman–Crippen MR) is 83.6 cm³/mol. The SMILES string of the molecule is Cc1ccc(NC(=O)c2cc([N+](=O)[O-])cc([N+](=O)[O-])c2C)cc1. The molecule has 0 aliphatic heterocycles. The smallest absolute Gasteiger partial charge is 0.279 e. The minimum absolute atomic E-state index is 0.0743. The summed E-state index contributed by atoms with van der Waals surface area (Å²) in [6.45, 7) is 3.27. The van der Waals surface area contributed by atoms with Gasteiger partial charge in [-0.3, -0.25) is 25.0 Å². The predicted octanol–water partition coefficient (Wildman–Crippen LogP) is 3.37. The molecule has 0 unspecified atom stereocenters. The van der Waals surface area contributed by atoms with Gasteiger partial charge in [-0.25, -0.2) is 0 Å². The largest absolute Gasteiger partial charge is 0.322 e. The van der Waals surface area contributed by atoms with Crippen LogP contribution in [0.1, 0.15) is 21.5 Å². The first-order valence-electron chi connectivity index (χ1n) is 6.61. The van der Waals surface area contributed by atoms with E-state index < -0.39 is 27.1 Å². The topological polar surface area (TPSA) is 115 Å². The summed E-state index contributed by atoms with van der Waals surface area (Å²) in [7, 11) is 0. The zero-order valence-electron chi connectivity index (χ0n) is 12.4. The Bertz CT molecular complexity index is 800. The molecule has 0 bridgehead atoms. The van der Waals surface area contributed by atoms with Gasteiger partial charge in [0.1, 0.15) is 0 Å². The zero-order chi connectivity index (χ0) is 17.1. The molecule has 0 atom stereocenters. The van der Waals surface area contributed by atoms with Crippen molar-refractivity contribution in [1.29, 1.82) is 0 Å². The molecule has 0 aliphatic rings. The number of carbonyl (C=O) groups is 1. The molecule has 2 aromatic carbocycles. The summed E-state index contributed by atoms with van der Waals surface area (Å²) < 4.78 is 0.